The molecule has 4 heteroatoms. The zero-order chi connectivity index (χ0) is 11.0. The van der Waals surface area contributed by atoms with Gasteiger partial charge in [0, 0.05) is 18.9 Å². The standard InChI is InChI=1S/C10H19NO3/c1-4-5-6-9(11)7-10(12)14-8(2)13-3/h7-8H,4-6,11H2,1-3H3. The van der Waals surface area contributed by atoms with E-state index < -0.39 is 12.3 Å². The fourth-order valence-electron chi connectivity index (χ4n) is 0.850. The number of unbranched alkanes of at least 4 members (excludes halogenated alkanes) is 1. The number of hydrogen-bond acceptors (Lipinski definition) is 4. The molecular weight excluding hydrogens is 182 g/mol. The van der Waals surface area contributed by atoms with E-state index in [0.717, 1.165) is 19.3 Å². The van der Waals surface area contributed by atoms with Gasteiger partial charge in [-0.25, -0.2) is 4.79 Å². The summed E-state index contributed by atoms with van der Waals surface area (Å²) in [5.41, 5.74) is 6.15. The summed E-state index contributed by atoms with van der Waals surface area (Å²) in [5, 5.41) is 0. The molecular formula is C10H19NO3. The molecule has 0 fully saturated rings. The van der Waals surface area contributed by atoms with Crippen LogP contribution in [0.1, 0.15) is 33.1 Å². The lowest BCUT2D eigenvalue weighted by Crippen LogP contribution is -2.15. The van der Waals surface area contributed by atoms with Crippen molar-refractivity contribution < 1.29 is 14.3 Å². The first-order valence-corrected chi connectivity index (χ1v) is 4.79. The third-order valence-corrected chi connectivity index (χ3v) is 1.74. The van der Waals surface area contributed by atoms with Crippen molar-refractivity contribution in [3.63, 3.8) is 0 Å². The van der Waals surface area contributed by atoms with E-state index in [1.165, 1.54) is 13.2 Å². The van der Waals surface area contributed by atoms with Gasteiger partial charge < -0.3 is 15.2 Å². The highest BCUT2D eigenvalue weighted by Gasteiger charge is 2.05. The number of rotatable bonds is 6. The number of allylic oxidation sites excluding steroid dienone is 1. The average Bonchev–Trinajstić information content (AvgIpc) is 2.14. The minimum Gasteiger partial charge on any atom is -0.433 e. The summed E-state index contributed by atoms with van der Waals surface area (Å²) in [5.74, 6) is -0.451. The Labute approximate surface area is 85.1 Å². The topological polar surface area (TPSA) is 61.6 Å². The normalized spacial score (nSPS) is 13.8. The second-order valence-corrected chi connectivity index (χ2v) is 3.06. The van der Waals surface area contributed by atoms with E-state index in [0.29, 0.717) is 5.70 Å². The van der Waals surface area contributed by atoms with Crippen molar-refractivity contribution in [1.29, 1.82) is 0 Å². The second-order valence-electron chi connectivity index (χ2n) is 3.06. The summed E-state index contributed by atoms with van der Waals surface area (Å²) in [7, 11) is 1.47. The maximum atomic E-state index is 11.1. The molecule has 0 saturated heterocycles. The molecule has 0 saturated carbocycles. The SMILES string of the molecule is CCCCC(N)=CC(=O)OC(C)OC. The van der Waals surface area contributed by atoms with E-state index >= 15 is 0 Å². The van der Waals surface area contributed by atoms with Crippen LogP contribution in [-0.4, -0.2) is 19.4 Å². The maximum Gasteiger partial charge on any atom is 0.334 e. The lowest BCUT2D eigenvalue weighted by atomic mass is 10.2. The van der Waals surface area contributed by atoms with Gasteiger partial charge >= 0.3 is 5.97 Å². The molecule has 1 atom stereocenters. The zero-order valence-electron chi connectivity index (χ0n) is 9.08. The molecule has 0 aromatic heterocycles. The molecule has 0 aromatic carbocycles. The Morgan fingerprint density at radius 2 is 2.21 bits per heavy atom. The quantitative estimate of drug-likeness (QED) is 0.402. The summed E-state index contributed by atoms with van der Waals surface area (Å²) in [6, 6.07) is 0. The molecule has 82 valence electrons. The van der Waals surface area contributed by atoms with Gasteiger partial charge in [-0.2, -0.15) is 0 Å². The van der Waals surface area contributed by atoms with Crippen LogP contribution in [0.4, 0.5) is 0 Å². The van der Waals surface area contributed by atoms with Crippen molar-refractivity contribution in [2.24, 2.45) is 5.73 Å². The summed E-state index contributed by atoms with van der Waals surface area (Å²) in [4.78, 5) is 11.1. The molecule has 0 aliphatic rings. The highest BCUT2D eigenvalue weighted by Crippen LogP contribution is 2.02. The van der Waals surface area contributed by atoms with Crippen LogP contribution in [-0.2, 0) is 14.3 Å². The van der Waals surface area contributed by atoms with E-state index in [1.54, 1.807) is 6.92 Å². The minimum atomic E-state index is -0.530. The highest BCUT2D eigenvalue weighted by atomic mass is 16.7. The van der Waals surface area contributed by atoms with Gasteiger partial charge in [0.25, 0.3) is 0 Å². The Bertz CT molecular complexity index is 202. The van der Waals surface area contributed by atoms with Gasteiger partial charge in [0.2, 0.25) is 0 Å². The number of carbonyl (C=O) groups excluding carboxylic acids is 1. The van der Waals surface area contributed by atoms with Crippen LogP contribution in [0.5, 0.6) is 0 Å². The van der Waals surface area contributed by atoms with Gasteiger partial charge in [0.1, 0.15) is 0 Å². The van der Waals surface area contributed by atoms with Crippen LogP contribution < -0.4 is 5.73 Å². The van der Waals surface area contributed by atoms with Crippen LogP contribution in [0.3, 0.4) is 0 Å². The Hall–Kier alpha value is -1.03. The first-order valence-electron chi connectivity index (χ1n) is 4.79. The lowest BCUT2D eigenvalue weighted by molar-refractivity contribution is -0.163. The molecule has 0 heterocycles. The first kappa shape index (κ1) is 13.0. The van der Waals surface area contributed by atoms with Gasteiger partial charge in [0.05, 0.1) is 0 Å². The van der Waals surface area contributed by atoms with Crippen molar-refractivity contribution in [3.05, 3.63) is 11.8 Å². The van der Waals surface area contributed by atoms with Crippen molar-refractivity contribution in [2.45, 2.75) is 39.4 Å². The number of esters is 1. The van der Waals surface area contributed by atoms with Crippen molar-refractivity contribution in [2.75, 3.05) is 7.11 Å². The van der Waals surface area contributed by atoms with Crippen molar-refractivity contribution >= 4 is 5.97 Å². The van der Waals surface area contributed by atoms with E-state index in [4.69, 9.17) is 15.2 Å². The fourth-order valence-corrected chi connectivity index (χ4v) is 0.850. The molecule has 0 radical (unpaired) electrons. The molecule has 4 nitrogen and oxygen atoms in total. The fraction of sp³-hybridized carbons (Fsp3) is 0.700. The van der Waals surface area contributed by atoms with Crippen LogP contribution >= 0.6 is 0 Å². The molecule has 1 unspecified atom stereocenters. The average molecular weight is 201 g/mol. The monoisotopic (exact) mass is 201 g/mol. The number of carbonyl (C=O) groups is 1. The molecule has 0 bridgehead atoms. The van der Waals surface area contributed by atoms with E-state index in [9.17, 15) is 4.79 Å². The van der Waals surface area contributed by atoms with Crippen LogP contribution in [0.25, 0.3) is 0 Å². The second kappa shape index (κ2) is 7.38. The van der Waals surface area contributed by atoms with Gasteiger partial charge in [-0.15, -0.1) is 0 Å². The third-order valence-electron chi connectivity index (χ3n) is 1.74. The number of nitrogens with two attached hydrogens (primary N) is 1. The summed E-state index contributed by atoms with van der Waals surface area (Å²) in [6.45, 7) is 3.71. The zero-order valence-corrected chi connectivity index (χ0v) is 9.08. The number of ether oxygens (including phenoxy) is 2. The van der Waals surface area contributed by atoms with E-state index in [-0.39, 0.29) is 0 Å². The Morgan fingerprint density at radius 3 is 2.71 bits per heavy atom. The van der Waals surface area contributed by atoms with Crippen molar-refractivity contribution in [3.8, 4) is 0 Å². The van der Waals surface area contributed by atoms with Crippen molar-refractivity contribution in [1.82, 2.24) is 0 Å². The number of methoxy groups -OCH3 is 1. The minimum absolute atomic E-state index is 0.451. The molecule has 0 spiro atoms. The van der Waals surface area contributed by atoms with Gasteiger partial charge in [-0.1, -0.05) is 13.3 Å². The molecule has 0 aliphatic heterocycles. The molecule has 14 heavy (non-hydrogen) atoms. The van der Waals surface area contributed by atoms with Gasteiger partial charge in [-0.3, -0.25) is 0 Å². The smallest absolute Gasteiger partial charge is 0.334 e. The summed E-state index contributed by atoms with van der Waals surface area (Å²) in [6.07, 6.45) is 3.55. The lowest BCUT2D eigenvalue weighted by Gasteiger charge is -2.09. The van der Waals surface area contributed by atoms with Gasteiger partial charge in [-0.05, 0) is 19.8 Å². The van der Waals surface area contributed by atoms with E-state index in [1.807, 2.05) is 0 Å². The molecule has 2 N–H and O–H groups in total. The van der Waals surface area contributed by atoms with Crippen LogP contribution in [0.15, 0.2) is 11.8 Å². The number of hydrogen-bond donors (Lipinski definition) is 1. The Morgan fingerprint density at radius 1 is 1.57 bits per heavy atom. The Balaban J connectivity index is 3.89. The van der Waals surface area contributed by atoms with Crippen LogP contribution in [0.2, 0.25) is 0 Å². The maximum absolute atomic E-state index is 11.1. The molecule has 0 rings (SSSR count). The highest BCUT2D eigenvalue weighted by molar-refractivity contribution is 5.82. The summed E-state index contributed by atoms with van der Waals surface area (Å²) >= 11 is 0. The van der Waals surface area contributed by atoms with E-state index in [2.05, 4.69) is 6.92 Å². The predicted octanol–water partition coefficient (Wildman–Crippen LogP) is 1.55. The van der Waals surface area contributed by atoms with Crippen LogP contribution in [0, 0.1) is 0 Å². The largest absolute Gasteiger partial charge is 0.433 e. The first-order chi connectivity index (χ1) is 6.60. The molecule has 0 aromatic rings. The summed E-state index contributed by atoms with van der Waals surface area (Å²) < 4.78 is 9.60. The third kappa shape index (κ3) is 6.48. The van der Waals surface area contributed by atoms with Gasteiger partial charge in [0.15, 0.2) is 6.29 Å². The molecule has 0 amide bonds. The predicted molar refractivity (Wildman–Crippen MR) is 54.4 cm³/mol. The Kier molecular flexibility index (Phi) is 6.84. The molecule has 0 aliphatic carbocycles.